The van der Waals surface area contributed by atoms with Gasteiger partial charge in [0.2, 0.25) is 11.8 Å². The Labute approximate surface area is 337 Å². The molecule has 14 nitrogen and oxygen atoms in total. The molecule has 0 aliphatic rings. The maximum absolute atomic E-state index is 13.8. The Morgan fingerprint density at radius 1 is 0.655 bits per heavy atom. The molecule has 2 aromatic heterocycles. The van der Waals surface area contributed by atoms with Crippen molar-refractivity contribution in [2.45, 2.75) is 45.8 Å². The van der Waals surface area contributed by atoms with Crippen LogP contribution in [-0.2, 0) is 32.2 Å². The second-order valence-electron chi connectivity index (χ2n) is 13.7. The van der Waals surface area contributed by atoms with Crippen LogP contribution in [0.5, 0.6) is 0 Å². The van der Waals surface area contributed by atoms with Crippen molar-refractivity contribution < 1.29 is 28.7 Å². The number of alkyl carbamates (subject to hydrolysis) is 2. The topological polar surface area (TPSA) is 175 Å². The Bertz CT molecular complexity index is 2340. The van der Waals surface area contributed by atoms with E-state index in [1.165, 1.54) is 14.2 Å². The van der Waals surface area contributed by atoms with Crippen LogP contribution in [0.2, 0.25) is 0 Å². The monoisotopic (exact) mass is 784 g/mol. The number of hydrogen-bond acceptors (Lipinski definition) is 8. The molecule has 0 bridgehead atoms. The molecule has 14 heteroatoms. The molecule has 6 aromatic rings. The average Bonchev–Trinajstić information content (AvgIpc) is 3.94. The van der Waals surface area contributed by atoms with E-state index in [-0.39, 0.29) is 24.9 Å². The second-order valence-corrected chi connectivity index (χ2v) is 13.7. The van der Waals surface area contributed by atoms with Gasteiger partial charge < -0.3 is 39.9 Å². The van der Waals surface area contributed by atoms with Gasteiger partial charge in [-0.2, -0.15) is 0 Å². The van der Waals surface area contributed by atoms with Gasteiger partial charge in [0, 0.05) is 18.7 Å². The van der Waals surface area contributed by atoms with Gasteiger partial charge in [0.05, 0.1) is 51.1 Å². The summed E-state index contributed by atoms with van der Waals surface area (Å²) in [4.78, 5) is 69.3. The zero-order chi connectivity index (χ0) is 41.0. The number of carbonyl (C=O) groups excluding carboxylic acids is 4. The van der Waals surface area contributed by atoms with Crippen LogP contribution in [0.4, 0.5) is 9.59 Å². The number of aromatic nitrogens is 4. The highest BCUT2D eigenvalue weighted by molar-refractivity contribution is 5.91. The van der Waals surface area contributed by atoms with Crippen LogP contribution < -0.4 is 10.6 Å². The number of nitrogens with one attached hydrogen (secondary N) is 4. The van der Waals surface area contributed by atoms with Crippen molar-refractivity contribution in [3.8, 4) is 33.6 Å². The normalized spacial score (nSPS) is 11.4. The van der Waals surface area contributed by atoms with Crippen molar-refractivity contribution in [1.29, 1.82) is 0 Å². The summed E-state index contributed by atoms with van der Waals surface area (Å²) < 4.78 is 9.38. The smallest absolute Gasteiger partial charge is 0.407 e. The largest absolute Gasteiger partial charge is 0.453 e. The zero-order valence-corrected chi connectivity index (χ0v) is 33.1. The van der Waals surface area contributed by atoms with E-state index in [1.54, 1.807) is 34.3 Å². The van der Waals surface area contributed by atoms with Crippen LogP contribution in [0, 0.1) is 0 Å². The first-order valence-electron chi connectivity index (χ1n) is 19.2. The number of fused-ring (bicyclic) bond motifs is 1. The summed E-state index contributed by atoms with van der Waals surface area (Å²) in [6.07, 6.45) is 3.69. The van der Waals surface area contributed by atoms with Crippen LogP contribution in [0.15, 0.2) is 103 Å². The highest BCUT2D eigenvalue weighted by Gasteiger charge is 2.28. The Balaban J connectivity index is 1.11. The zero-order valence-electron chi connectivity index (χ0n) is 33.1. The molecule has 0 aliphatic heterocycles. The van der Waals surface area contributed by atoms with Gasteiger partial charge in [-0.25, -0.2) is 19.6 Å². The molecule has 300 valence electrons. The number of nitrogens with zero attached hydrogens (tertiary/aromatic N) is 4. The first-order valence-corrected chi connectivity index (χ1v) is 19.2. The first kappa shape index (κ1) is 40.7. The predicted molar refractivity (Wildman–Crippen MR) is 221 cm³/mol. The lowest BCUT2D eigenvalue weighted by molar-refractivity contribution is -0.134. The molecule has 4 amide bonds. The molecule has 2 heterocycles. The van der Waals surface area contributed by atoms with Crippen LogP contribution in [0.25, 0.3) is 44.4 Å². The quantitative estimate of drug-likeness (QED) is 0.0796. The average molecular weight is 785 g/mol. The fourth-order valence-corrected chi connectivity index (χ4v) is 6.70. The van der Waals surface area contributed by atoms with Crippen LogP contribution in [-0.4, -0.2) is 87.6 Å². The van der Waals surface area contributed by atoms with E-state index < -0.39 is 18.2 Å². The molecule has 0 aliphatic carbocycles. The fourth-order valence-electron chi connectivity index (χ4n) is 6.70. The molecule has 0 radical (unpaired) electrons. The minimum Gasteiger partial charge on any atom is -0.453 e. The molecule has 0 saturated carbocycles. The summed E-state index contributed by atoms with van der Waals surface area (Å²) in [5.74, 6) is 0.803. The standard InChI is InChI=1S/C44H48N8O6/c1-5-20-51(40(53)26-47-43(55)57-3)27-38-46-25-37(49-38)35-19-18-33-22-32(16-17-34(33)23-35)29-12-14-30(15-13-29)36-24-45-39(48-36)28-52(21-6-2)42(54)41(50-44(56)58-4)31-10-8-7-9-11-31/h7-19,22-25,41H,5-6,20-21,26-28H2,1-4H3,(H,45,48)(H,46,49)(H,47,55)(H,50,56)/t41-/m1/s1. The molecule has 0 unspecified atom stereocenters. The second kappa shape index (κ2) is 19.3. The number of imidazole rings is 2. The molecule has 6 rings (SSSR count). The molecule has 58 heavy (non-hydrogen) atoms. The van der Waals surface area contributed by atoms with Gasteiger partial charge >= 0.3 is 12.2 Å². The fraction of sp³-hybridized carbons (Fsp3) is 0.273. The number of carbonyl (C=O) groups is 4. The molecule has 4 N–H and O–H groups in total. The summed E-state index contributed by atoms with van der Waals surface area (Å²) in [7, 11) is 2.53. The summed E-state index contributed by atoms with van der Waals surface area (Å²) in [6, 6.07) is 29.0. The number of hydrogen-bond donors (Lipinski definition) is 4. The van der Waals surface area contributed by atoms with E-state index in [0.717, 1.165) is 57.3 Å². The van der Waals surface area contributed by atoms with Crippen molar-refractivity contribution in [2.75, 3.05) is 33.9 Å². The van der Waals surface area contributed by atoms with Crippen LogP contribution in [0.3, 0.4) is 0 Å². The van der Waals surface area contributed by atoms with E-state index in [9.17, 15) is 19.2 Å². The molecule has 0 fully saturated rings. The van der Waals surface area contributed by atoms with Gasteiger partial charge in [-0.15, -0.1) is 0 Å². The van der Waals surface area contributed by atoms with Gasteiger partial charge in [0.25, 0.3) is 0 Å². The van der Waals surface area contributed by atoms with E-state index in [0.29, 0.717) is 36.8 Å². The number of benzene rings is 4. The Morgan fingerprint density at radius 2 is 1.19 bits per heavy atom. The summed E-state index contributed by atoms with van der Waals surface area (Å²) in [6.45, 7) is 5.38. The third-order valence-corrected chi connectivity index (χ3v) is 9.67. The van der Waals surface area contributed by atoms with Crippen LogP contribution in [0.1, 0.15) is 49.9 Å². The SMILES string of the molecule is CCCN(Cc1ncc(-c2ccc3cc(-c4ccc(-c5cnc(CN(CCC)C(=O)[C@H](NC(=O)OC)c6ccccc6)[nH]5)cc4)ccc3c2)[nH]1)C(=O)CNC(=O)OC. The van der Waals surface area contributed by atoms with Gasteiger partial charge in [0.1, 0.15) is 24.2 Å². The summed E-state index contributed by atoms with van der Waals surface area (Å²) in [5, 5.41) is 7.29. The van der Waals surface area contributed by atoms with Crippen molar-refractivity contribution >= 4 is 34.8 Å². The van der Waals surface area contributed by atoms with Crippen molar-refractivity contribution in [3.63, 3.8) is 0 Å². The molecule has 0 saturated heterocycles. The van der Waals surface area contributed by atoms with Gasteiger partial charge in [-0.3, -0.25) is 9.59 Å². The number of H-pyrrole nitrogens is 2. The number of amides is 4. The lowest BCUT2D eigenvalue weighted by Crippen LogP contribution is -2.43. The highest BCUT2D eigenvalue weighted by Crippen LogP contribution is 2.30. The Hall–Kier alpha value is -6.96. The van der Waals surface area contributed by atoms with Gasteiger partial charge in [0.15, 0.2) is 0 Å². The lowest BCUT2D eigenvalue weighted by atomic mass is 9.98. The van der Waals surface area contributed by atoms with Crippen molar-refractivity contribution in [1.82, 2.24) is 40.4 Å². The third kappa shape index (κ3) is 10.1. The number of aromatic amines is 2. The predicted octanol–water partition coefficient (Wildman–Crippen LogP) is 7.22. The lowest BCUT2D eigenvalue weighted by Gasteiger charge is -2.27. The molecular weight excluding hydrogens is 737 g/mol. The summed E-state index contributed by atoms with van der Waals surface area (Å²) >= 11 is 0. The van der Waals surface area contributed by atoms with E-state index in [2.05, 4.69) is 77.8 Å². The van der Waals surface area contributed by atoms with Crippen molar-refractivity contribution in [3.05, 3.63) is 121 Å². The molecular formula is C44H48N8O6. The highest BCUT2D eigenvalue weighted by atomic mass is 16.5. The molecule has 0 spiro atoms. The van der Waals surface area contributed by atoms with E-state index in [1.807, 2.05) is 50.2 Å². The van der Waals surface area contributed by atoms with Gasteiger partial charge in [-0.05, 0) is 58.0 Å². The number of rotatable bonds is 16. The Kier molecular flexibility index (Phi) is 13.5. The minimum atomic E-state index is -0.902. The van der Waals surface area contributed by atoms with E-state index >= 15 is 0 Å². The minimum absolute atomic E-state index is 0.151. The Morgan fingerprint density at radius 3 is 1.81 bits per heavy atom. The summed E-state index contributed by atoms with van der Waals surface area (Å²) in [5.41, 5.74) is 6.39. The van der Waals surface area contributed by atoms with Crippen molar-refractivity contribution in [2.24, 2.45) is 0 Å². The number of methoxy groups -OCH3 is 2. The number of ether oxygens (including phenoxy) is 2. The molecule has 4 aromatic carbocycles. The van der Waals surface area contributed by atoms with Crippen LogP contribution >= 0.6 is 0 Å². The van der Waals surface area contributed by atoms with Gasteiger partial charge in [-0.1, -0.05) is 92.7 Å². The maximum Gasteiger partial charge on any atom is 0.407 e. The maximum atomic E-state index is 13.8. The first-order chi connectivity index (χ1) is 28.2. The third-order valence-electron chi connectivity index (χ3n) is 9.67. The van der Waals surface area contributed by atoms with E-state index in [4.69, 9.17) is 4.74 Å². The molecule has 1 atom stereocenters.